The van der Waals surface area contributed by atoms with E-state index in [4.69, 9.17) is 0 Å². The van der Waals surface area contributed by atoms with Crippen molar-refractivity contribution in [3.63, 3.8) is 0 Å². The Bertz CT molecular complexity index is 913. The number of aryl methyl sites for hydroxylation is 3. The van der Waals surface area contributed by atoms with Crippen LogP contribution in [0.15, 0.2) is 47.6 Å². The van der Waals surface area contributed by atoms with Gasteiger partial charge in [-0.3, -0.25) is 14.4 Å². The highest BCUT2D eigenvalue weighted by atomic mass is 16.2. The molecule has 0 fully saturated rings. The van der Waals surface area contributed by atoms with Crippen LogP contribution in [-0.4, -0.2) is 23.4 Å². The lowest BCUT2D eigenvalue weighted by atomic mass is 10.1. The van der Waals surface area contributed by atoms with Gasteiger partial charge in [0.25, 0.3) is 0 Å². The summed E-state index contributed by atoms with van der Waals surface area (Å²) in [6.45, 7) is 7.54. The average Bonchev–Trinajstić information content (AvgIpc) is 2.65. The number of hydrogen-bond acceptors (Lipinski definition) is 4. The molecule has 0 aliphatic heterocycles. The van der Waals surface area contributed by atoms with Crippen LogP contribution >= 0.6 is 0 Å². The summed E-state index contributed by atoms with van der Waals surface area (Å²) < 4.78 is 0. The topological polar surface area (TPSA) is 99.7 Å². The molecular weight excluding hydrogens is 368 g/mol. The van der Waals surface area contributed by atoms with Crippen molar-refractivity contribution in [3.8, 4) is 0 Å². The highest BCUT2D eigenvalue weighted by Gasteiger charge is 2.13. The minimum Gasteiger partial charge on any atom is -0.326 e. The Labute approximate surface area is 170 Å². The van der Waals surface area contributed by atoms with E-state index in [1.165, 1.54) is 0 Å². The van der Waals surface area contributed by atoms with E-state index in [2.05, 4.69) is 21.2 Å². The molecule has 29 heavy (non-hydrogen) atoms. The number of nitrogens with zero attached hydrogens (tertiary/aromatic N) is 1. The first kappa shape index (κ1) is 21.8. The fourth-order valence-corrected chi connectivity index (χ4v) is 2.73. The number of hydrogen-bond donors (Lipinski definition) is 3. The van der Waals surface area contributed by atoms with Gasteiger partial charge in [0.1, 0.15) is 0 Å². The number of carbonyl (C=O) groups is 3. The minimum absolute atomic E-state index is 0.00658. The highest BCUT2D eigenvalue weighted by Crippen LogP contribution is 2.14. The standard InChI is InChI=1S/C22H26N4O3/c1-5-17-6-8-18(9-7-17)24-21(28)22(29)26-25-16(4)13-20(27)23-19-11-14(2)10-15(3)12-19/h6-12H,5,13H2,1-4H3,(H,23,27)(H,24,28)(H,26,29). The Morgan fingerprint density at radius 1 is 0.862 bits per heavy atom. The van der Waals surface area contributed by atoms with Crippen molar-refractivity contribution in [2.45, 2.75) is 40.5 Å². The molecule has 7 nitrogen and oxygen atoms in total. The van der Waals surface area contributed by atoms with E-state index >= 15 is 0 Å². The molecule has 3 N–H and O–H groups in total. The van der Waals surface area contributed by atoms with Gasteiger partial charge in [0.05, 0.1) is 6.42 Å². The Hall–Kier alpha value is -3.48. The van der Waals surface area contributed by atoms with Crippen molar-refractivity contribution in [3.05, 3.63) is 59.2 Å². The second kappa shape index (κ2) is 10.2. The van der Waals surface area contributed by atoms with E-state index in [0.29, 0.717) is 17.1 Å². The summed E-state index contributed by atoms with van der Waals surface area (Å²) >= 11 is 0. The zero-order chi connectivity index (χ0) is 21.4. The number of nitrogens with one attached hydrogen (secondary N) is 3. The van der Waals surface area contributed by atoms with Crippen LogP contribution in [0.4, 0.5) is 11.4 Å². The van der Waals surface area contributed by atoms with Crippen LogP contribution in [-0.2, 0) is 20.8 Å². The van der Waals surface area contributed by atoms with Crippen molar-refractivity contribution in [2.75, 3.05) is 10.6 Å². The number of rotatable bonds is 6. The van der Waals surface area contributed by atoms with Gasteiger partial charge in [0.15, 0.2) is 0 Å². The Balaban J connectivity index is 1.84. The van der Waals surface area contributed by atoms with Crippen molar-refractivity contribution in [1.82, 2.24) is 5.43 Å². The molecule has 2 aromatic carbocycles. The van der Waals surface area contributed by atoms with Crippen LogP contribution in [0.1, 0.15) is 37.0 Å². The predicted molar refractivity (Wildman–Crippen MR) is 115 cm³/mol. The first-order valence-electron chi connectivity index (χ1n) is 9.38. The fourth-order valence-electron chi connectivity index (χ4n) is 2.73. The molecule has 2 rings (SSSR count). The average molecular weight is 394 g/mol. The van der Waals surface area contributed by atoms with Gasteiger partial charge < -0.3 is 10.6 Å². The summed E-state index contributed by atoms with van der Waals surface area (Å²) in [7, 11) is 0. The maximum absolute atomic E-state index is 12.1. The highest BCUT2D eigenvalue weighted by molar-refractivity contribution is 6.39. The second-order valence-electron chi connectivity index (χ2n) is 6.89. The van der Waals surface area contributed by atoms with Gasteiger partial charge in [-0.1, -0.05) is 25.1 Å². The lowest BCUT2D eigenvalue weighted by Crippen LogP contribution is -2.33. The molecule has 152 valence electrons. The summed E-state index contributed by atoms with van der Waals surface area (Å²) in [6.07, 6.45) is 0.882. The van der Waals surface area contributed by atoms with Crippen molar-refractivity contribution in [2.24, 2.45) is 5.10 Å². The van der Waals surface area contributed by atoms with E-state index in [0.717, 1.165) is 23.1 Å². The van der Waals surface area contributed by atoms with Crippen molar-refractivity contribution >= 4 is 34.8 Å². The molecule has 0 aliphatic rings. The van der Waals surface area contributed by atoms with Gasteiger partial charge >= 0.3 is 11.8 Å². The van der Waals surface area contributed by atoms with Crippen molar-refractivity contribution < 1.29 is 14.4 Å². The van der Waals surface area contributed by atoms with Gasteiger partial charge in [0, 0.05) is 17.1 Å². The third-order valence-corrected chi connectivity index (χ3v) is 4.10. The summed E-state index contributed by atoms with van der Waals surface area (Å²) in [4.78, 5) is 36.0. The van der Waals surface area contributed by atoms with E-state index < -0.39 is 11.8 Å². The lowest BCUT2D eigenvalue weighted by Gasteiger charge is -2.08. The molecule has 0 radical (unpaired) electrons. The SMILES string of the molecule is CCc1ccc(NC(=O)C(=O)NN=C(C)CC(=O)Nc2cc(C)cc(C)c2)cc1. The predicted octanol–water partition coefficient (Wildman–Crippen LogP) is 3.33. The molecule has 0 aliphatic carbocycles. The Kier molecular flexibility index (Phi) is 7.65. The van der Waals surface area contributed by atoms with Gasteiger partial charge in [-0.25, -0.2) is 5.43 Å². The normalized spacial score (nSPS) is 11.0. The molecule has 0 bridgehead atoms. The quantitative estimate of drug-likeness (QED) is 0.398. The molecule has 2 aromatic rings. The number of benzene rings is 2. The number of amides is 3. The van der Waals surface area contributed by atoms with Crippen LogP contribution in [0.25, 0.3) is 0 Å². The summed E-state index contributed by atoms with van der Waals surface area (Å²) in [5, 5.41) is 9.12. The van der Waals surface area contributed by atoms with E-state index in [1.54, 1.807) is 19.1 Å². The molecule has 0 aromatic heterocycles. The fraction of sp³-hybridized carbons (Fsp3) is 0.273. The van der Waals surface area contributed by atoms with Gasteiger partial charge in [0.2, 0.25) is 5.91 Å². The van der Waals surface area contributed by atoms with Crippen LogP contribution in [0.2, 0.25) is 0 Å². The van der Waals surface area contributed by atoms with E-state index in [1.807, 2.05) is 51.1 Å². The Morgan fingerprint density at radius 3 is 2.07 bits per heavy atom. The summed E-state index contributed by atoms with van der Waals surface area (Å²) in [5.41, 5.74) is 7.00. The summed E-state index contributed by atoms with van der Waals surface area (Å²) in [6, 6.07) is 13.0. The van der Waals surface area contributed by atoms with Crippen LogP contribution in [0, 0.1) is 13.8 Å². The molecule has 0 atom stereocenters. The number of anilines is 2. The van der Waals surface area contributed by atoms with Gasteiger partial charge in [-0.15, -0.1) is 0 Å². The first-order chi connectivity index (χ1) is 13.8. The maximum Gasteiger partial charge on any atom is 0.329 e. The van der Waals surface area contributed by atoms with Gasteiger partial charge in [-0.2, -0.15) is 5.10 Å². The third kappa shape index (κ3) is 7.21. The molecule has 0 saturated carbocycles. The first-order valence-corrected chi connectivity index (χ1v) is 9.38. The monoisotopic (exact) mass is 394 g/mol. The maximum atomic E-state index is 12.1. The largest absolute Gasteiger partial charge is 0.329 e. The minimum atomic E-state index is -0.904. The number of hydrazone groups is 1. The molecule has 7 heteroatoms. The molecule has 0 heterocycles. The lowest BCUT2D eigenvalue weighted by molar-refractivity contribution is -0.136. The van der Waals surface area contributed by atoms with Crippen LogP contribution in [0.5, 0.6) is 0 Å². The van der Waals surface area contributed by atoms with Gasteiger partial charge in [-0.05, 0) is 68.1 Å². The zero-order valence-corrected chi connectivity index (χ0v) is 17.1. The molecule has 0 saturated heterocycles. The van der Waals surface area contributed by atoms with E-state index in [9.17, 15) is 14.4 Å². The molecule has 3 amide bonds. The zero-order valence-electron chi connectivity index (χ0n) is 17.1. The molecule has 0 unspecified atom stereocenters. The van der Waals surface area contributed by atoms with E-state index in [-0.39, 0.29) is 12.3 Å². The molecular formula is C22H26N4O3. The smallest absolute Gasteiger partial charge is 0.326 e. The van der Waals surface area contributed by atoms with Crippen molar-refractivity contribution in [1.29, 1.82) is 0 Å². The number of carbonyl (C=O) groups excluding carboxylic acids is 3. The molecule has 0 spiro atoms. The second-order valence-corrected chi connectivity index (χ2v) is 6.89. The Morgan fingerprint density at radius 2 is 1.48 bits per heavy atom. The third-order valence-electron chi connectivity index (χ3n) is 4.10. The summed E-state index contributed by atoms with van der Waals surface area (Å²) in [5.74, 6) is -1.99. The van der Waals surface area contributed by atoms with Crippen LogP contribution in [0.3, 0.4) is 0 Å². The van der Waals surface area contributed by atoms with Crippen LogP contribution < -0.4 is 16.1 Å².